The van der Waals surface area contributed by atoms with Crippen LogP contribution in [0.1, 0.15) is 245 Å². The SMILES string of the molecule is CCCCCCC/C=C\CCCCCCCC(=O)OC(COC(=O)CCCCCCC)COC(=O)CCCCCCCCCCCCCCCCC. The molecule has 0 amide bonds. The molecule has 52 heavy (non-hydrogen) atoms. The Hall–Kier alpha value is -1.85. The molecule has 0 spiro atoms. The number of rotatable bonds is 41. The van der Waals surface area contributed by atoms with Gasteiger partial charge >= 0.3 is 17.9 Å². The van der Waals surface area contributed by atoms with Crippen molar-refractivity contribution in [1.29, 1.82) is 0 Å². The summed E-state index contributed by atoms with van der Waals surface area (Å²) in [5.74, 6) is -0.885. The fraction of sp³-hybridized carbons (Fsp3) is 0.891. The molecule has 1 atom stereocenters. The van der Waals surface area contributed by atoms with Crippen LogP contribution in [0.3, 0.4) is 0 Å². The van der Waals surface area contributed by atoms with Crippen molar-refractivity contribution >= 4 is 17.9 Å². The monoisotopic (exact) mass is 735 g/mol. The summed E-state index contributed by atoms with van der Waals surface area (Å²) in [5.41, 5.74) is 0. The lowest BCUT2D eigenvalue weighted by Gasteiger charge is -2.18. The molecule has 1 unspecified atom stereocenters. The van der Waals surface area contributed by atoms with Crippen molar-refractivity contribution < 1.29 is 28.6 Å². The van der Waals surface area contributed by atoms with E-state index in [2.05, 4.69) is 32.9 Å². The molecule has 0 aliphatic rings. The van der Waals surface area contributed by atoms with E-state index in [0.717, 1.165) is 70.6 Å². The van der Waals surface area contributed by atoms with Gasteiger partial charge in [0.2, 0.25) is 0 Å². The molecule has 0 bridgehead atoms. The molecule has 0 heterocycles. The summed E-state index contributed by atoms with van der Waals surface area (Å²) in [7, 11) is 0. The molecule has 0 saturated carbocycles. The minimum absolute atomic E-state index is 0.0701. The number of ether oxygens (including phenoxy) is 3. The van der Waals surface area contributed by atoms with Crippen LogP contribution in [0.4, 0.5) is 0 Å². The Morgan fingerprint density at radius 1 is 0.365 bits per heavy atom. The number of unbranched alkanes of at least 4 members (excludes halogenated alkanes) is 28. The molecule has 306 valence electrons. The highest BCUT2D eigenvalue weighted by atomic mass is 16.6. The van der Waals surface area contributed by atoms with Crippen LogP contribution in [-0.4, -0.2) is 37.2 Å². The smallest absolute Gasteiger partial charge is 0.306 e. The van der Waals surface area contributed by atoms with Crippen LogP contribution < -0.4 is 0 Å². The van der Waals surface area contributed by atoms with E-state index >= 15 is 0 Å². The Morgan fingerprint density at radius 3 is 0.962 bits per heavy atom. The maximum absolute atomic E-state index is 12.7. The summed E-state index contributed by atoms with van der Waals surface area (Å²) in [6.07, 6.45) is 43.6. The van der Waals surface area contributed by atoms with E-state index in [9.17, 15) is 14.4 Å². The molecule has 6 nitrogen and oxygen atoms in total. The summed E-state index contributed by atoms with van der Waals surface area (Å²) >= 11 is 0. The largest absolute Gasteiger partial charge is 0.462 e. The Bertz CT molecular complexity index is 809. The minimum Gasteiger partial charge on any atom is -0.462 e. The summed E-state index contributed by atoms with van der Waals surface area (Å²) in [5, 5.41) is 0. The third kappa shape index (κ3) is 39.4. The number of carbonyl (C=O) groups excluding carboxylic acids is 3. The van der Waals surface area contributed by atoms with Crippen molar-refractivity contribution in [3.8, 4) is 0 Å². The molecule has 0 radical (unpaired) electrons. The molecule has 0 N–H and O–H groups in total. The lowest BCUT2D eigenvalue weighted by molar-refractivity contribution is -0.167. The Kier molecular flexibility index (Phi) is 40.4. The second kappa shape index (κ2) is 41.9. The molecule has 6 heteroatoms. The quantitative estimate of drug-likeness (QED) is 0.0269. The number of carbonyl (C=O) groups is 3. The minimum atomic E-state index is -0.764. The lowest BCUT2D eigenvalue weighted by Crippen LogP contribution is -2.30. The number of esters is 3. The van der Waals surface area contributed by atoms with E-state index < -0.39 is 6.10 Å². The molecule has 0 aromatic rings. The van der Waals surface area contributed by atoms with E-state index in [-0.39, 0.29) is 31.1 Å². The second-order valence-electron chi connectivity index (χ2n) is 15.3. The summed E-state index contributed by atoms with van der Waals surface area (Å²) in [6.45, 7) is 6.55. The van der Waals surface area contributed by atoms with Crippen molar-refractivity contribution in [2.45, 2.75) is 252 Å². The Labute approximate surface area is 322 Å². The molecular weight excluding hydrogens is 648 g/mol. The van der Waals surface area contributed by atoms with E-state index in [0.29, 0.717) is 19.3 Å². The maximum Gasteiger partial charge on any atom is 0.306 e. The summed E-state index contributed by atoms with van der Waals surface area (Å²) in [4.78, 5) is 37.4. The van der Waals surface area contributed by atoms with Crippen LogP contribution in [0, 0.1) is 0 Å². The molecule has 0 rings (SSSR count). The normalized spacial score (nSPS) is 12.0. The van der Waals surface area contributed by atoms with Crippen LogP contribution >= 0.6 is 0 Å². The van der Waals surface area contributed by atoms with Gasteiger partial charge in [0.15, 0.2) is 6.10 Å². The highest BCUT2D eigenvalue weighted by molar-refractivity contribution is 5.71. The van der Waals surface area contributed by atoms with E-state index in [1.165, 1.54) is 135 Å². The van der Waals surface area contributed by atoms with Gasteiger partial charge in [-0.25, -0.2) is 0 Å². The zero-order chi connectivity index (χ0) is 38.0. The first-order chi connectivity index (χ1) is 25.5. The van der Waals surface area contributed by atoms with Crippen LogP contribution in [0.5, 0.6) is 0 Å². The fourth-order valence-electron chi connectivity index (χ4n) is 6.55. The average molecular weight is 735 g/mol. The highest BCUT2D eigenvalue weighted by Crippen LogP contribution is 2.15. The van der Waals surface area contributed by atoms with Crippen LogP contribution in [0.15, 0.2) is 12.2 Å². The van der Waals surface area contributed by atoms with Crippen LogP contribution in [0.25, 0.3) is 0 Å². The third-order valence-electron chi connectivity index (χ3n) is 10.0. The number of allylic oxidation sites excluding steroid dienone is 2. The molecule has 0 aliphatic carbocycles. The van der Waals surface area contributed by atoms with Gasteiger partial charge in [-0.2, -0.15) is 0 Å². The van der Waals surface area contributed by atoms with Crippen molar-refractivity contribution in [3.05, 3.63) is 12.2 Å². The third-order valence-corrected chi connectivity index (χ3v) is 10.0. The van der Waals surface area contributed by atoms with Gasteiger partial charge in [0.1, 0.15) is 13.2 Å². The second-order valence-corrected chi connectivity index (χ2v) is 15.3. The maximum atomic E-state index is 12.7. The van der Waals surface area contributed by atoms with Gasteiger partial charge in [-0.1, -0.05) is 193 Å². The summed E-state index contributed by atoms with van der Waals surface area (Å²) in [6, 6.07) is 0. The zero-order valence-corrected chi connectivity index (χ0v) is 34.8. The van der Waals surface area contributed by atoms with Gasteiger partial charge in [-0.05, 0) is 44.9 Å². The fourth-order valence-corrected chi connectivity index (χ4v) is 6.55. The number of hydrogen-bond acceptors (Lipinski definition) is 6. The van der Waals surface area contributed by atoms with Crippen molar-refractivity contribution in [1.82, 2.24) is 0 Å². The van der Waals surface area contributed by atoms with E-state index in [1.807, 2.05) is 0 Å². The lowest BCUT2D eigenvalue weighted by atomic mass is 10.0. The van der Waals surface area contributed by atoms with E-state index in [4.69, 9.17) is 14.2 Å². The molecular formula is C46H86O6. The van der Waals surface area contributed by atoms with Gasteiger partial charge in [-0.15, -0.1) is 0 Å². The van der Waals surface area contributed by atoms with Gasteiger partial charge in [0.25, 0.3) is 0 Å². The highest BCUT2D eigenvalue weighted by Gasteiger charge is 2.19. The molecule has 0 aromatic carbocycles. The summed E-state index contributed by atoms with van der Waals surface area (Å²) < 4.78 is 16.6. The standard InChI is InChI=1S/C46H86O6/c1-4-7-10-13-15-17-19-21-23-25-26-28-30-33-36-39-45(48)51-42-43(41-50-44(47)38-35-32-12-9-6-3)52-46(49)40-37-34-31-29-27-24-22-20-18-16-14-11-8-5-2/h20,22,43H,4-19,21,23-42H2,1-3H3/b22-20-. The van der Waals surface area contributed by atoms with Crippen molar-refractivity contribution in [2.75, 3.05) is 13.2 Å². The number of hydrogen-bond donors (Lipinski definition) is 0. The topological polar surface area (TPSA) is 78.9 Å². The van der Waals surface area contributed by atoms with Gasteiger partial charge in [0.05, 0.1) is 0 Å². The van der Waals surface area contributed by atoms with Crippen molar-refractivity contribution in [2.24, 2.45) is 0 Å². The van der Waals surface area contributed by atoms with Gasteiger partial charge < -0.3 is 14.2 Å². The first kappa shape index (κ1) is 50.1. The molecule has 0 aliphatic heterocycles. The molecule has 0 saturated heterocycles. The zero-order valence-electron chi connectivity index (χ0n) is 34.8. The van der Waals surface area contributed by atoms with Crippen LogP contribution in [0.2, 0.25) is 0 Å². The predicted octanol–water partition coefficient (Wildman–Crippen LogP) is 14.3. The molecule has 0 fully saturated rings. The average Bonchev–Trinajstić information content (AvgIpc) is 3.14. The van der Waals surface area contributed by atoms with Gasteiger partial charge in [-0.3, -0.25) is 14.4 Å². The first-order valence-corrected chi connectivity index (χ1v) is 22.7. The van der Waals surface area contributed by atoms with Crippen molar-refractivity contribution in [3.63, 3.8) is 0 Å². The Balaban J connectivity index is 4.20. The molecule has 0 aromatic heterocycles. The first-order valence-electron chi connectivity index (χ1n) is 22.7. The Morgan fingerprint density at radius 2 is 0.635 bits per heavy atom. The van der Waals surface area contributed by atoms with Gasteiger partial charge in [0, 0.05) is 19.3 Å². The van der Waals surface area contributed by atoms with E-state index in [1.54, 1.807) is 0 Å². The predicted molar refractivity (Wildman–Crippen MR) is 220 cm³/mol. The van der Waals surface area contributed by atoms with Crippen LogP contribution in [-0.2, 0) is 28.6 Å².